The van der Waals surface area contributed by atoms with Gasteiger partial charge in [-0.2, -0.15) is 0 Å². The number of nitrogens with zero attached hydrogens (tertiary/aromatic N) is 1. The molecule has 1 aliphatic heterocycles. The lowest BCUT2D eigenvalue weighted by Crippen LogP contribution is -2.26. The fourth-order valence-electron chi connectivity index (χ4n) is 2.11. The molecule has 1 heterocycles. The van der Waals surface area contributed by atoms with Crippen molar-refractivity contribution in [2.75, 3.05) is 18.0 Å². The van der Waals surface area contributed by atoms with Crippen LogP contribution >= 0.6 is 27.5 Å². The lowest BCUT2D eigenvalue weighted by atomic mass is 10.1. The van der Waals surface area contributed by atoms with E-state index in [-0.39, 0.29) is 11.8 Å². The molecule has 1 aromatic rings. The summed E-state index contributed by atoms with van der Waals surface area (Å²) in [5, 5.41) is 0.600. The summed E-state index contributed by atoms with van der Waals surface area (Å²) in [5.41, 5.74) is 7.44. The lowest BCUT2D eigenvalue weighted by Gasteiger charge is -2.20. The molecule has 0 radical (unpaired) electrons. The fraction of sp³-hybridized carbons (Fsp3) is 0.417. The van der Waals surface area contributed by atoms with Crippen molar-refractivity contribution in [1.29, 1.82) is 0 Å². The van der Waals surface area contributed by atoms with Crippen molar-refractivity contribution in [3.8, 4) is 0 Å². The first-order valence-electron chi connectivity index (χ1n) is 5.49. The van der Waals surface area contributed by atoms with E-state index in [2.05, 4.69) is 15.9 Å². The highest BCUT2D eigenvalue weighted by Gasteiger charge is 2.31. The van der Waals surface area contributed by atoms with Crippen LogP contribution in [0.4, 0.5) is 5.69 Å². The van der Waals surface area contributed by atoms with Crippen LogP contribution in [0, 0.1) is 12.8 Å². The summed E-state index contributed by atoms with van der Waals surface area (Å²) in [6.07, 6.45) is 0.507. The first-order chi connectivity index (χ1) is 8.02. The Morgan fingerprint density at radius 3 is 2.82 bits per heavy atom. The van der Waals surface area contributed by atoms with Gasteiger partial charge in [0.25, 0.3) is 0 Å². The van der Waals surface area contributed by atoms with E-state index in [1.54, 1.807) is 4.90 Å². The summed E-state index contributed by atoms with van der Waals surface area (Å²) in [4.78, 5) is 13.6. The Morgan fingerprint density at radius 1 is 1.59 bits per heavy atom. The smallest absolute Gasteiger partial charge is 0.227 e. The van der Waals surface area contributed by atoms with Crippen LogP contribution < -0.4 is 10.6 Å². The Bertz CT molecular complexity index is 441. The van der Waals surface area contributed by atoms with Gasteiger partial charge in [-0.05, 0) is 53.0 Å². The molecule has 0 bridgehead atoms. The summed E-state index contributed by atoms with van der Waals surface area (Å²) in [6, 6.07) is 3.83. The number of carbonyl (C=O) groups is 1. The maximum absolute atomic E-state index is 11.9. The quantitative estimate of drug-likeness (QED) is 0.911. The average Bonchev–Trinajstić information content (AvgIpc) is 2.59. The van der Waals surface area contributed by atoms with Gasteiger partial charge in [-0.15, -0.1) is 0 Å². The molecule has 92 valence electrons. The number of carbonyl (C=O) groups excluding carboxylic acids is 1. The van der Waals surface area contributed by atoms with E-state index in [1.165, 1.54) is 0 Å². The van der Waals surface area contributed by atoms with Crippen molar-refractivity contribution in [1.82, 2.24) is 0 Å². The second kappa shape index (κ2) is 4.96. The van der Waals surface area contributed by atoms with Crippen LogP contribution in [0.3, 0.4) is 0 Å². The monoisotopic (exact) mass is 316 g/mol. The van der Waals surface area contributed by atoms with Crippen molar-refractivity contribution in [3.63, 3.8) is 0 Å². The maximum atomic E-state index is 11.9. The van der Waals surface area contributed by atoms with Crippen molar-refractivity contribution in [2.45, 2.75) is 13.3 Å². The third-order valence-electron chi connectivity index (χ3n) is 2.97. The highest BCUT2D eigenvalue weighted by atomic mass is 79.9. The van der Waals surface area contributed by atoms with Crippen molar-refractivity contribution < 1.29 is 4.79 Å². The molecule has 0 saturated carbocycles. The van der Waals surface area contributed by atoms with E-state index in [0.29, 0.717) is 24.5 Å². The van der Waals surface area contributed by atoms with E-state index in [0.717, 1.165) is 15.7 Å². The van der Waals surface area contributed by atoms with E-state index < -0.39 is 0 Å². The molecule has 2 N–H and O–H groups in total. The first kappa shape index (κ1) is 12.9. The SMILES string of the molecule is Cc1cc(Cl)c(N2CC(CN)CC2=O)c(Br)c1. The van der Waals surface area contributed by atoms with Crippen LogP contribution in [0.5, 0.6) is 0 Å². The molecule has 1 amide bonds. The molecule has 1 atom stereocenters. The molecule has 17 heavy (non-hydrogen) atoms. The van der Waals surface area contributed by atoms with E-state index in [1.807, 2.05) is 19.1 Å². The highest BCUT2D eigenvalue weighted by molar-refractivity contribution is 9.10. The van der Waals surface area contributed by atoms with Crippen LogP contribution in [0.25, 0.3) is 0 Å². The second-order valence-electron chi connectivity index (χ2n) is 4.39. The van der Waals surface area contributed by atoms with Gasteiger partial charge in [0.15, 0.2) is 0 Å². The van der Waals surface area contributed by atoms with Gasteiger partial charge < -0.3 is 10.6 Å². The Morgan fingerprint density at radius 2 is 2.29 bits per heavy atom. The molecule has 1 aliphatic rings. The molecule has 3 nitrogen and oxygen atoms in total. The second-order valence-corrected chi connectivity index (χ2v) is 5.65. The average molecular weight is 318 g/mol. The van der Waals surface area contributed by atoms with Gasteiger partial charge in [-0.1, -0.05) is 11.6 Å². The number of hydrogen-bond acceptors (Lipinski definition) is 2. The van der Waals surface area contributed by atoms with Gasteiger partial charge in [0.2, 0.25) is 5.91 Å². The summed E-state index contributed by atoms with van der Waals surface area (Å²) < 4.78 is 0.855. The van der Waals surface area contributed by atoms with Crippen LogP contribution in [-0.4, -0.2) is 19.0 Å². The Balaban J connectivity index is 2.38. The molecule has 0 aliphatic carbocycles. The Hall–Kier alpha value is -0.580. The molecule has 1 aromatic carbocycles. The topological polar surface area (TPSA) is 46.3 Å². The number of rotatable bonds is 2. The molecule has 2 rings (SSSR count). The number of halogens is 2. The van der Waals surface area contributed by atoms with E-state index in [9.17, 15) is 4.79 Å². The van der Waals surface area contributed by atoms with Gasteiger partial charge in [-0.3, -0.25) is 4.79 Å². The number of amides is 1. The van der Waals surface area contributed by atoms with Crippen LogP contribution in [0.1, 0.15) is 12.0 Å². The summed E-state index contributed by atoms with van der Waals surface area (Å²) >= 11 is 9.68. The first-order valence-corrected chi connectivity index (χ1v) is 6.66. The normalized spacial score (nSPS) is 20.1. The number of hydrogen-bond donors (Lipinski definition) is 1. The number of anilines is 1. The minimum atomic E-state index is 0.0897. The lowest BCUT2D eigenvalue weighted by molar-refractivity contribution is -0.117. The molecular weight excluding hydrogens is 304 g/mol. The summed E-state index contributed by atoms with van der Waals surface area (Å²) in [5.74, 6) is 0.318. The van der Waals surface area contributed by atoms with Crippen molar-refractivity contribution in [3.05, 3.63) is 27.2 Å². The Kier molecular flexibility index (Phi) is 3.76. The third kappa shape index (κ3) is 2.49. The molecule has 1 saturated heterocycles. The molecular formula is C12H14BrClN2O. The zero-order valence-corrected chi connectivity index (χ0v) is 11.9. The molecule has 0 aromatic heterocycles. The zero-order valence-electron chi connectivity index (χ0n) is 9.54. The zero-order chi connectivity index (χ0) is 12.6. The number of aryl methyl sites for hydroxylation is 1. The van der Waals surface area contributed by atoms with E-state index >= 15 is 0 Å². The number of benzene rings is 1. The molecule has 1 fully saturated rings. The molecule has 5 heteroatoms. The van der Waals surface area contributed by atoms with Gasteiger partial charge in [0.05, 0.1) is 10.7 Å². The van der Waals surface area contributed by atoms with Crippen molar-refractivity contribution >= 4 is 39.1 Å². The predicted molar refractivity (Wildman–Crippen MR) is 73.4 cm³/mol. The van der Waals surface area contributed by atoms with Gasteiger partial charge in [0.1, 0.15) is 0 Å². The molecule has 0 spiro atoms. The van der Waals surface area contributed by atoms with Crippen LogP contribution in [-0.2, 0) is 4.79 Å². The van der Waals surface area contributed by atoms with Gasteiger partial charge in [0, 0.05) is 17.4 Å². The summed E-state index contributed by atoms with van der Waals surface area (Å²) in [7, 11) is 0. The summed E-state index contributed by atoms with van der Waals surface area (Å²) in [6.45, 7) is 3.15. The van der Waals surface area contributed by atoms with E-state index in [4.69, 9.17) is 17.3 Å². The highest BCUT2D eigenvalue weighted by Crippen LogP contribution is 2.38. The predicted octanol–water partition coefficient (Wildman–Crippen LogP) is 2.72. The largest absolute Gasteiger partial charge is 0.330 e. The number of nitrogens with two attached hydrogens (primary N) is 1. The van der Waals surface area contributed by atoms with Crippen LogP contribution in [0.15, 0.2) is 16.6 Å². The molecule has 1 unspecified atom stereocenters. The third-order valence-corrected chi connectivity index (χ3v) is 3.86. The Labute approximate surface area is 114 Å². The van der Waals surface area contributed by atoms with Crippen molar-refractivity contribution in [2.24, 2.45) is 11.7 Å². The minimum Gasteiger partial charge on any atom is -0.330 e. The maximum Gasteiger partial charge on any atom is 0.227 e. The van der Waals surface area contributed by atoms with Gasteiger partial charge >= 0.3 is 0 Å². The standard InChI is InChI=1S/C12H14BrClN2O/c1-7-2-9(13)12(10(14)3-7)16-6-8(5-15)4-11(16)17/h2-3,8H,4-6,15H2,1H3. The minimum absolute atomic E-state index is 0.0897. The van der Waals surface area contributed by atoms with Crippen LogP contribution in [0.2, 0.25) is 5.02 Å². The fourth-order valence-corrected chi connectivity index (χ4v) is 3.38. The van der Waals surface area contributed by atoms with Gasteiger partial charge in [-0.25, -0.2) is 0 Å².